The summed E-state index contributed by atoms with van der Waals surface area (Å²) < 4.78 is 11.3. The Labute approximate surface area is 618 Å². The molecule has 0 spiro atoms. The molecule has 45 heteroatoms. The van der Waals surface area contributed by atoms with Gasteiger partial charge in [0.1, 0.15) is 80.8 Å². The summed E-state index contributed by atoms with van der Waals surface area (Å²) in [5.74, 6) is -11.2. The number of nitrogens with two attached hydrogens (primary N) is 1. The SMILES string of the molecule is CC(C)CC1NC(=O)C(CCNC(=O)OCC(Cl)(Cl)Cl)NC(=O)[C@@H](NC(=O)[C@H](CCNC(=O)OCC(Cl)(Cl)Cl)NC(=O)[C@@H](N)[C@@H](C)O)CCNC(=O)[C@H]([C@@H](C)O)NC(=O)[C@H](CCNC(=O)OCC(Cl)(Cl)Cl)NC(=O)[C@H](CCNC(=O)OCC(Cl)(Cl)Cl)NC(=O)C(CC(C)C)NC1=O. The molecule has 13 amide bonds. The van der Waals surface area contributed by atoms with Gasteiger partial charge in [0.05, 0.1) is 12.2 Å². The van der Waals surface area contributed by atoms with Gasteiger partial charge in [-0.15, -0.1) is 0 Å². The quantitative estimate of drug-likeness (QED) is 0.0431. The van der Waals surface area contributed by atoms with E-state index >= 15 is 0 Å². The second-order valence-electron chi connectivity index (χ2n) is 22.4. The predicted octanol–water partition coefficient (Wildman–Crippen LogP) is 1.51. The van der Waals surface area contributed by atoms with Crippen LogP contribution in [0, 0.1) is 11.8 Å². The molecule has 1 aliphatic heterocycles. The minimum Gasteiger partial charge on any atom is -0.445 e. The van der Waals surface area contributed by atoms with Gasteiger partial charge in [-0.25, -0.2) is 19.2 Å². The Morgan fingerprint density at radius 2 is 0.794 bits per heavy atom. The first-order chi connectivity index (χ1) is 44.7. The molecule has 0 radical (unpaired) electrons. The molecule has 97 heavy (non-hydrogen) atoms. The number of carbonyl (C=O) groups excluding carboxylic acids is 13. The average molecular weight is 1630 g/mol. The normalized spacial score (nSPS) is 21.4. The number of aliphatic hydroxyl groups excluding tert-OH is 2. The van der Waals surface area contributed by atoms with Gasteiger partial charge in [-0.1, -0.05) is 167 Å². The summed E-state index contributed by atoms with van der Waals surface area (Å²) in [7, 11) is 0. The van der Waals surface area contributed by atoms with Crippen LogP contribution in [0.15, 0.2) is 0 Å². The zero-order chi connectivity index (χ0) is 74.3. The van der Waals surface area contributed by atoms with Gasteiger partial charge >= 0.3 is 24.4 Å². The van der Waals surface area contributed by atoms with Crippen LogP contribution in [0.4, 0.5) is 19.2 Å². The molecule has 0 bridgehead atoms. The molecule has 0 aromatic rings. The lowest BCUT2D eigenvalue weighted by molar-refractivity contribution is -0.136. The van der Waals surface area contributed by atoms with Crippen molar-refractivity contribution in [3.05, 3.63) is 0 Å². The van der Waals surface area contributed by atoms with Gasteiger partial charge in [-0.2, -0.15) is 0 Å². The molecule has 1 aliphatic rings. The van der Waals surface area contributed by atoms with E-state index in [9.17, 15) is 72.5 Å². The lowest BCUT2D eigenvalue weighted by Gasteiger charge is -2.29. The lowest BCUT2D eigenvalue weighted by Crippen LogP contribution is -2.61. The second kappa shape index (κ2) is 44.1. The molecule has 556 valence electrons. The fourth-order valence-electron chi connectivity index (χ4n) is 8.05. The molecule has 1 heterocycles. The molecule has 17 N–H and O–H groups in total. The van der Waals surface area contributed by atoms with E-state index in [2.05, 4.69) is 69.1 Å². The van der Waals surface area contributed by atoms with E-state index < -0.39 is 262 Å². The summed E-state index contributed by atoms with van der Waals surface area (Å²) >= 11 is 68.5. The van der Waals surface area contributed by atoms with Crippen molar-refractivity contribution in [3.63, 3.8) is 0 Å². The van der Waals surface area contributed by atoms with Crippen LogP contribution in [0.1, 0.15) is 86.5 Å². The van der Waals surface area contributed by atoms with Crippen LogP contribution in [0.2, 0.25) is 0 Å². The monoisotopic (exact) mass is 1620 g/mol. The van der Waals surface area contributed by atoms with E-state index in [0.29, 0.717) is 0 Å². The Morgan fingerprint density at radius 1 is 0.474 bits per heavy atom. The Balaban J connectivity index is 4.31. The van der Waals surface area contributed by atoms with Crippen LogP contribution < -0.4 is 74.9 Å². The molecule has 1 fully saturated rings. The highest BCUT2D eigenvalue weighted by molar-refractivity contribution is 6.69. The van der Waals surface area contributed by atoms with Crippen molar-refractivity contribution in [2.45, 2.75) is 168 Å². The van der Waals surface area contributed by atoms with Gasteiger partial charge in [0.15, 0.2) is 0 Å². The topological polar surface area (TPSA) is 482 Å². The summed E-state index contributed by atoms with van der Waals surface area (Å²) in [6.07, 6.45) is -11.1. The highest BCUT2D eigenvalue weighted by atomic mass is 35.6. The Morgan fingerprint density at radius 3 is 1.12 bits per heavy atom. The first kappa shape index (κ1) is 90.7. The van der Waals surface area contributed by atoms with E-state index in [1.165, 1.54) is 0 Å². The Bertz CT molecular complexity index is 2660. The van der Waals surface area contributed by atoms with Gasteiger partial charge in [-0.05, 0) is 70.6 Å². The van der Waals surface area contributed by atoms with Crippen molar-refractivity contribution in [3.8, 4) is 0 Å². The summed E-state index contributed by atoms with van der Waals surface area (Å²) in [6, 6.07) is -15.8. The second-order valence-corrected chi connectivity index (χ2v) is 32.5. The molecule has 33 nitrogen and oxygen atoms in total. The number of alkyl halides is 12. The summed E-state index contributed by atoms with van der Waals surface area (Å²) in [6.45, 7) is 3.23. The highest BCUT2D eigenvalue weighted by Crippen LogP contribution is 2.28. The molecule has 1 saturated heterocycles. The number of nitrogens with one attached hydrogen (secondary N) is 13. The number of ether oxygens (including phenoxy) is 4. The van der Waals surface area contributed by atoms with Gasteiger partial charge in [0.2, 0.25) is 68.3 Å². The summed E-state index contributed by atoms with van der Waals surface area (Å²) in [5, 5.41) is 52.2. The first-order valence-corrected chi connectivity index (χ1v) is 33.9. The number of rotatable bonds is 26. The number of carbonyl (C=O) groups is 13. The maximum atomic E-state index is 14.8. The van der Waals surface area contributed by atoms with Crippen molar-refractivity contribution in [2.24, 2.45) is 17.6 Å². The minimum absolute atomic E-state index is 0.158. The summed E-state index contributed by atoms with van der Waals surface area (Å²) in [5.41, 5.74) is 5.86. The van der Waals surface area contributed by atoms with E-state index in [0.717, 1.165) is 13.8 Å². The molecule has 0 aromatic carbocycles. The lowest BCUT2D eigenvalue weighted by atomic mass is 9.99. The summed E-state index contributed by atoms with van der Waals surface area (Å²) in [4.78, 5) is 180. The van der Waals surface area contributed by atoms with Crippen LogP contribution in [-0.2, 0) is 62.1 Å². The van der Waals surface area contributed by atoms with Crippen molar-refractivity contribution in [1.82, 2.24) is 69.1 Å². The third-order valence-electron chi connectivity index (χ3n) is 12.7. The fourth-order valence-corrected chi connectivity index (χ4v) is 8.70. The number of aliphatic hydroxyl groups is 2. The van der Waals surface area contributed by atoms with E-state index in [1.807, 2.05) is 0 Å². The average Bonchev–Trinajstić information content (AvgIpc) is 1.09. The first-order valence-electron chi connectivity index (χ1n) is 29.4. The zero-order valence-corrected chi connectivity index (χ0v) is 61.8. The standard InChI is InChI=1S/C52H80Cl12N14O19/c1-23(2)17-32-41(86)74-28(8-13-67-45(90)94-19-49(53,54)55)37(82)73-31(11-16-70-48(93)97-22-52(62,63)64)40(85)78-35(26(6)80)44(89)66-12-7-27(71-38(83)30(75-43(88)34(65)25(5)79)10-15-69-47(92)96-21-51(59,60)61)36(81)72-29(9-14-68-46(91)95-20-50(56,57)58)39(84)76-33(18-24(3)4)42(87)77-32/h23-35,79-80H,7-22,65H2,1-6H3,(H,66,89)(H,67,90)(H,68,91)(H,69,92)(H,70,93)(H,71,83)(H,72,81)(H,73,82)(H,74,86)(H,75,88)(H,76,84)(H,77,87)(H,78,85)/t25-,26-,27+,28+,29?,30+,31+,32?,33?,34+,35+/m1/s1. The number of hydrogen-bond acceptors (Lipinski definition) is 20. The highest BCUT2D eigenvalue weighted by Gasteiger charge is 2.38. The molecule has 1 rings (SSSR count). The maximum absolute atomic E-state index is 14.8. The Hall–Kier alpha value is -4.33. The number of alkyl carbamates (subject to hydrolysis) is 4. The van der Waals surface area contributed by atoms with E-state index in [4.69, 9.17) is 164 Å². The van der Waals surface area contributed by atoms with Gasteiger partial charge in [0.25, 0.3) is 0 Å². The fraction of sp³-hybridized carbons (Fsp3) is 0.750. The molecular formula is C52H80Cl12N14O19. The zero-order valence-electron chi connectivity index (χ0n) is 52.8. The molecule has 0 saturated carbocycles. The molecular weight excluding hydrogens is 1550 g/mol. The number of hydrogen-bond donors (Lipinski definition) is 16. The maximum Gasteiger partial charge on any atom is 0.407 e. The van der Waals surface area contributed by atoms with Crippen LogP contribution >= 0.6 is 139 Å². The van der Waals surface area contributed by atoms with Crippen LogP contribution in [-0.4, -0.2) is 229 Å². The molecule has 3 unspecified atom stereocenters. The largest absolute Gasteiger partial charge is 0.445 e. The van der Waals surface area contributed by atoms with Crippen molar-refractivity contribution < 1.29 is 91.5 Å². The van der Waals surface area contributed by atoms with Gasteiger partial charge in [0, 0.05) is 32.7 Å². The van der Waals surface area contributed by atoms with Crippen molar-refractivity contribution >= 4 is 217 Å². The van der Waals surface area contributed by atoms with Crippen molar-refractivity contribution in [1.29, 1.82) is 0 Å². The van der Waals surface area contributed by atoms with Crippen LogP contribution in [0.25, 0.3) is 0 Å². The van der Waals surface area contributed by atoms with Crippen molar-refractivity contribution in [2.75, 3.05) is 59.2 Å². The molecule has 0 aliphatic carbocycles. The van der Waals surface area contributed by atoms with Crippen LogP contribution in [0.5, 0.6) is 0 Å². The minimum atomic E-state index is -2.06. The predicted molar refractivity (Wildman–Crippen MR) is 360 cm³/mol. The third-order valence-corrected chi connectivity index (χ3v) is 14.0. The number of amides is 13. The molecule has 0 aromatic heterocycles. The van der Waals surface area contributed by atoms with Crippen LogP contribution in [0.3, 0.4) is 0 Å². The Kier molecular flexibility index (Phi) is 41.3. The number of halogens is 12. The van der Waals surface area contributed by atoms with Gasteiger partial charge < -0.3 is 104 Å². The third kappa shape index (κ3) is 41.3. The van der Waals surface area contributed by atoms with E-state index in [-0.39, 0.29) is 12.8 Å². The van der Waals surface area contributed by atoms with E-state index in [1.54, 1.807) is 27.7 Å². The van der Waals surface area contributed by atoms with Gasteiger partial charge in [-0.3, -0.25) is 43.2 Å². The smallest absolute Gasteiger partial charge is 0.407 e. The molecule has 11 atom stereocenters.